The quantitative estimate of drug-likeness (QED) is 0.775. The Bertz CT molecular complexity index is 808. The molecule has 0 N–H and O–H groups in total. The average molecular weight is 290 g/mol. The number of urea groups is 1. The highest BCUT2D eigenvalue weighted by molar-refractivity contribution is 6.07. The van der Waals surface area contributed by atoms with Crippen LogP contribution in [-0.2, 0) is 0 Å². The molecular weight excluding hydrogens is 276 g/mol. The lowest BCUT2D eigenvalue weighted by Gasteiger charge is -2.19. The van der Waals surface area contributed by atoms with Gasteiger partial charge in [0.05, 0.1) is 17.1 Å². The first-order valence-electron chi connectivity index (χ1n) is 7.20. The van der Waals surface area contributed by atoms with Crippen LogP contribution >= 0.6 is 0 Å². The third-order valence-corrected chi connectivity index (χ3v) is 3.94. The van der Waals surface area contributed by atoms with Gasteiger partial charge in [-0.3, -0.25) is 9.89 Å². The van der Waals surface area contributed by atoms with Crippen LogP contribution in [0, 0.1) is 6.92 Å². The Labute approximate surface area is 128 Å². The van der Waals surface area contributed by atoms with Crippen LogP contribution in [0.2, 0.25) is 0 Å². The highest BCUT2D eigenvalue weighted by atomic mass is 16.2. The van der Waals surface area contributed by atoms with Crippen LogP contribution in [0.1, 0.15) is 17.5 Å². The van der Waals surface area contributed by atoms with E-state index in [-0.39, 0.29) is 12.2 Å². The van der Waals surface area contributed by atoms with E-state index in [0.717, 1.165) is 22.6 Å². The van der Waals surface area contributed by atoms with Crippen molar-refractivity contribution >= 4 is 23.1 Å². The molecule has 0 saturated heterocycles. The maximum atomic E-state index is 12.0. The van der Waals surface area contributed by atoms with Gasteiger partial charge in [0.2, 0.25) is 0 Å². The molecule has 1 atom stereocenters. The molecule has 2 amide bonds. The van der Waals surface area contributed by atoms with E-state index in [0.29, 0.717) is 6.42 Å². The third kappa shape index (κ3) is 2.02. The molecule has 4 rings (SSSR count). The molecular formula is C17H14N4O. The second-order valence-electron chi connectivity index (χ2n) is 5.47. The van der Waals surface area contributed by atoms with E-state index in [2.05, 4.69) is 41.4 Å². The van der Waals surface area contributed by atoms with E-state index < -0.39 is 0 Å². The number of aryl methyl sites for hydroxylation is 1. The summed E-state index contributed by atoms with van der Waals surface area (Å²) in [6.07, 6.45) is 0.253. The standard InChI is InChI=1S/C17H14N4O/c1-11-6-8-12(9-7-11)14-10-16-19-20-17(22)21(16)15-5-3-2-4-13(15)18-14/h2-9,16H,10H2,1H3. The van der Waals surface area contributed by atoms with E-state index in [4.69, 9.17) is 4.99 Å². The number of hydrogen-bond donors (Lipinski definition) is 0. The zero-order valence-corrected chi connectivity index (χ0v) is 12.1. The van der Waals surface area contributed by atoms with Crippen molar-refractivity contribution < 1.29 is 4.79 Å². The minimum absolute atomic E-state index is 0.309. The molecule has 5 heteroatoms. The summed E-state index contributed by atoms with van der Waals surface area (Å²) < 4.78 is 0. The number of nitrogens with zero attached hydrogens (tertiary/aromatic N) is 4. The summed E-state index contributed by atoms with van der Waals surface area (Å²) >= 11 is 0. The van der Waals surface area contributed by atoms with E-state index in [1.54, 1.807) is 4.90 Å². The number of aliphatic imine (C=N–C) groups is 1. The molecule has 2 aliphatic heterocycles. The van der Waals surface area contributed by atoms with Gasteiger partial charge in [-0.1, -0.05) is 47.1 Å². The highest BCUT2D eigenvalue weighted by Crippen LogP contribution is 2.37. The van der Waals surface area contributed by atoms with Gasteiger partial charge in [-0.25, -0.2) is 4.79 Å². The zero-order valence-electron chi connectivity index (χ0n) is 12.1. The number of para-hydroxylation sites is 2. The molecule has 0 aliphatic carbocycles. The van der Waals surface area contributed by atoms with Gasteiger partial charge in [0, 0.05) is 6.42 Å². The Hall–Kier alpha value is -2.82. The van der Waals surface area contributed by atoms with E-state index in [1.807, 2.05) is 24.3 Å². The van der Waals surface area contributed by atoms with Crippen molar-refractivity contribution in [2.75, 3.05) is 4.90 Å². The predicted molar refractivity (Wildman–Crippen MR) is 85.0 cm³/mol. The summed E-state index contributed by atoms with van der Waals surface area (Å²) in [6.45, 7) is 2.06. The lowest BCUT2D eigenvalue weighted by Crippen LogP contribution is -2.33. The molecule has 2 aliphatic rings. The lowest BCUT2D eigenvalue weighted by atomic mass is 10.0. The highest BCUT2D eigenvalue weighted by Gasteiger charge is 2.35. The Kier molecular flexibility index (Phi) is 2.85. The van der Waals surface area contributed by atoms with Crippen molar-refractivity contribution in [1.82, 2.24) is 0 Å². The summed E-state index contributed by atoms with van der Waals surface area (Å²) in [6, 6.07) is 15.5. The molecule has 0 radical (unpaired) electrons. The molecule has 0 bridgehead atoms. The monoisotopic (exact) mass is 290 g/mol. The molecule has 0 saturated carbocycles. The Morgan fingerprint density at radius 2 is 1.86 bits per heavy atom. The summed E-state index contributed by atoms with van der Waals surface area (Å²) in [5.41, 5.74) is 4.73. The number of anilines is 1. The van der Waals surface area contributed by atoms with Crippen LogP contribution < -0.4 is 4.90 Å². The molecule has 0 fully saturated rings. The number of azo groups is 1. The van der Waals surface area contributed by atoms with Gasteiger partial charge in [0.15, 0.2) is 6.17 Å². The van der Waals surface area contributed by atoms with Gasteiger partial charge in [0.1, 0.15) is 0 Å². The van der Waals surface area contributed by atoms with Gasteiger partial charge in [0.25, 0.3) is 0 Å². The number of amides is 2. The van der Waals surface area contributed by atoms with Gasteiger partial charge >= 0.3 is 6.03 Å². The van der Waals surface area contributed by atoms with Crippen molar-refractivity contribution in [3.8, 4) is 0 Å². The van der Waals surface area contributed by atoms with Crippen molar-refractivity contribution in [1.29, 1.82) is 0 Å². The number of benzene rings is 2. The van der Waals surface area contributed by atoms with Gasteiger partial charge in [-0.05, 0) is 24.6 Å². The van der Waals surface area contributed by atoms with Crippen LogP contribution in [0.3, 0.4) is 0 Å². The molecule has 5 nitrogen and oxygen atoms in total. The second-order valence-corrected chi connectivity index (χ2v) is 5.47. The van der Waals surface area contributed by atoms with Crippen LogP contribution in [0.25, 0.3) is 0 Å². The molecule has 2 heterocycles. The third-order valence-electron chi connectivity index (χ3n) is 3.94. The van der Waals surface area contributed by atoms with Gasteiger partial charge in [-0.15, -0.1) is 0 Å². The number of carbonyl (C=O) groups excluding carboxylic acids is 1. The maximum Gasteiger partial charge on any atom is 0.368 e. The van der Waals surface area contributed by atoms with Crippen molar-refractivity contribution in [3.63, 3.8) is 0 Å². The van der Waals surface area contributed by atoms with Crippen LogP contribution in [0.15, 0.2) is 63.8 Å². The van der Waals surface area contributed by atoms with Crippen molar-refractivity contribution in [3.05, 3.63) is 59.7 Å². The first kappa shape index (κ1) is 12.9. The van der Waals surface area contributed by atoms with Crippen molar-refractivity contribution in [2.45, 2.75) is 19.5 Å². The lowest BCUT2D eigenvalue weighted by molar-refractivity contribution is 0.255. The fourth-order valence-electron chi connectivity index (χ4n) is 2.79. The SMILES string of the molecule is Cc1ccc(C2=Nc3ccccc3N3C(=O)N=NC3C2)cc1. The predicted octanol–water partition coefficient (Wildman–Crippen LogP) is 4.24. The first-order chi connectivity index (χ1) is 10.7. The summed E-state index contributed by atoms with van der Waals surface area (Å²) in [5, 5.41) is 7.83. The summed E-state index contributed by atoms with van der Waals surface area (Å²) in [7, 11) is 0. The summed E-state index contributed by atoms with van der Waals surface area (Å²) in [4.78, 5) is 18.4. The smallest absolute Gasteiger partial charge is 0.264 e. The fourth-order valence-corrected chi connectivity index (χ4v) is 2.79. The van der Waals surface area contributed by atoms with Crippen LogP contribution in [-0.4, -0.2) is 17.9 Å². The van der Waals surface area contributed by atoms with Crippen LogP contribution in [0.4, 0.5) is 16.2 Å². The minimum Gasteiger partial charge on any atom is -0.264 e. The first-order valence-corrected chi connectivity index (χ1v) is 7.20. The van der Waals surface area contributed by atoms with E-state index >= 15 is 0 Å². The van der Waals surface area contributed by atoms with E-state index in [1.165, 1.54) is 5.56 Å². The molecule has 108 valence electrons. The number of carbonyl (C=O) groups is 1. The molecule has 2 aromatic carbocycles. The number of hydrogen-bond acceptors (Lipinski definition) is 3. The molecule has 22 heavy (non-hydrogen) atoms. The molecule has 2 aromatic rings. The maximum absolute atomic E-state index is 12.0. The van der Waals surface area contributed by atoms with E-state index in [9.17, 15) is 4.79 Å². The molecule has 1 unspecified atom stereocenters. The zero-order chi connectivity index (χ0) is 15.1. The average Bonchev–Trinajstić information content (AvgIpc) is 2.80. The number of rotatable bonds is 1. The van der Waals surface area contributed by atoms with Crippen molar-refractivity contribution in [2.24, 2.45) is 15.2 Å². The molecule has 0 aromatic heterocycles. The molecule has 0 spiro atoms. The Morgan fingerprint density at radius 3 is 2.68 bits per heavy atom. The fraction of sp³-hybridized carbons (Fsp3) is 0.176. The number of fused-ring (bicyclic) bond motifs is 3. The topological polar surface area (TPSA) is 57.4 Å². The normalized spacial score (nSPS) is 19.5. The van der Waals surface area contributed by atoms with Gasteiger partial charge < -0.3 is 0 Å². The Balaban J connectivity index is 1.85. The second kappa shape index (κ2) is 4.87. The largest absolute Gasteiger partial charge is 0.368 e. The Morgan fingerprint density at radius 1 is 1.09 bits per heavy atom. The minimum atomic E-state index is -0.321. The van der Waals surface area contributed by atoms with Crippen LogP contribution in [0.5, 0.6) is 0 Å². The summed E-state index contributed by atoms with van der Waals surface area (Å²) in [5.74, 6) is 0. The van der Waals surface area contributed by atoms with Gasteiger partial charge in [-0.2, -0.15) is 5.11 Å².